The first kappa shape index (κ1) is 14.5. The lowest BCUT2D eigenvalue weighted by Gasteiger charge is -2.34. The molecule has 0 atom stereocenters. The molecule has 1 heterocycles. The van der Waals surface area contributed by atoms with E-state index in [4.69, 9.17) is 0 Å². The monoisotopic (exact) mass is 261 g/mol. The lowest BCUT2D eigenvalue weighted by molar-refractivity contribution is 0.168. The number of rotatable bonds is 7. The highest BCUT2D eigenvalue weighted by Gasteiger charge is 2.34. The molecular weight excluding hydrogens is 234 g/mol. The summed E-state index contributed by atoms with van der Waals surface area (Å²) in [5, 5.41) is 3.56. The summed E-state index contributed by atoms with van der Waals surface area (Å²) in [6.45, 7) is 6.67. The van der Waals surface area contributed by atoms with Crippen LogP contribution in [0.1, 0.15) is 38.2 Å². The predicted molar refractivity (Wildman–Crippen MR) is 80.0 cm³/mol. The summed E-state index contributed by atoms with van der Waals surface area (Å²) in [6.07, 6.45) is 9.31. The highest BCUT2D eigenvalue weighted by molar-refractivity contribution is 5.09. The van der Waals surface area contributed by atoms with Crippen molar-refractivity contribution in [3.8, 4) is 0 Å². The zero-order valence-electron chi connectivity index (χ0n) is 12.4. The van der Waals surface area contributed by atoms with Gasteiger partial charge in [0.15, 0.2) is 0 Å². The average molecular weight is 261 g/mol. The van der Waals surface area contributed by atoms with Crippen LogP contribution in [0.25, 0.3) is 0 Å². The minimum atomic E-state index is 0.498. The minimum Gasteiger partial charge on any atom is -0.316 e. The van der Waals surface area contributed by atoms with Crippen molar-refractivity contribution in [3.05, 3.63) is 30.1 Å². The van der Waals surface area contributed by atoms with Gasteiger partial charge in [-0.2, -0.15) is 0 Å². The molecule has 1 aromatic rings. The van der Waals surface area contributed by atoms with Gasteiger partial charge < -0.3 is 10.2 Å². The van der Waals surface area contributed by atoms with Crippen LogP contribution in [0.4, 0.5) is 0 Å². The van der Waals surface area contributed by atoms with Crippen LogP contribution in [0.2, 0.25) is 0 Å². The molecular formula is C16H27N3. The van der Waals surface area contributed by atoms with E-state index < -0.39 is 0 Å². The summed E-state index contributed by atoms with van der Waals surface area (Å²) in [7, 11) is 2.24. The van der Waals surface area contributed by atoms with Gasteiger partial charge in [-0.1, -0.05) is 19.8 Å². The molecule has 0 aliphatic heterocycles. The summed E-state index contributed by atoms with van der Waals surface area (Å²) in [5.74, 6) is 0. The van der Waals surface area contributed by atoms with Gasteiger partial charge in [-0.3, -0.25) is 4.98 Å². The number of aromatic nitrogens is 1. The Morgan fingerprint density at radius 2 is 1.95 bits per heavy atom. The molecule has 1 N–H and O–H groups in total. The molecule has 1 aromatic heterocycles. The molecule has 1 aliphatic rings. The lowest BCUT2D eigenvalue weighted by Crippen LogP contribution is -2.41. The second-order valence-electron chi connectivity index (χ2n) is 6.02. The standard InChI is InChI=1S/C16H27N3/c1-3-17-13-16(8-4-5-9-16)14-19(2)12-15-6-10-18-11-7-15/h6-7,10-11,17H,3-5,8-9,12-14H2,1-2H3. The highest BCUT2D eigenvalue weighted by Crippen LogP contribution is 2.38. The van der Waals surface area contributed by atoms with Crippen LogP contribution < -0.4 is 5.32 Å². The molecule has 0 bridgehead atoms. The fraction of sp³-hybridized carbons (Fsp3) is 0.688. The maximum absolute atomic E-state index is 4.08. The second kappa shape index (κ2) is 7.01. The molecule has 3 heteroatoms. The molecule has 0 spiro atoms. The smallest absolute Gasteiger partial charge is 0.0271 e. The van der Waals surface area contributed by atoms with E-state index in [1.54, 1.807) is 0 Å². The van der Waals surface area contributed by atoms with Gasteiger partial charge in [0.05, 0.1) is 0 Å². The van der Waals surface area contributed by atoms with Crippen LogP contribution in [-0.4, -0.2) is 36.6 Å². The Morgan fingerprint density at radius 3 is 2.58 bits per heavy atom. The van der Waals surface area contributed by atoms with Crippen LogP contribution in [0.5, 0.6) is 0 Å². The van der Waals surface area contributed by atoms with Gasteiger partial charge in [-0.15, -0.1) is 0 Å². The topological polar surface area (TPSA) is 28.2 Å². The Labute approximate surface area is 117 Å². The summed E-state index contributed by atoms with van der Waals surface area (Å²) in [5.41, 5.74) is 1.85. The van der Waals surface area contributed by atoms with Crippen molar-refractivity contribution in [1.29, 1.82) is 0 Å². The molecule has 0 saturated heterocycles. The summed E-state index contributed by atoms with van der Waals surface area (Å²) in [6, 6.07) is 4.23. The number of hydrogen-bond acceptors (Lipinski definition) is 3. The summed E-state index contributed by atoms with van der Waals surface area (Å²) >= 11 is 0. The molecule has 1 aliphatic carbocycles. The number of pyridine rings is 1. The van der Waals surface area contributed by atoms with E-state index in [2.05, 4.69) is 41.3 Å². The SMILES string of the molecule is CCNCC1(CN(C)Cc2ccncc2)CCCC1. The van der Waals surface area contributed by atoms with Crippen LogP contribution in [-0.2, 0) is 6.54 Å². The summed E-state index contributed by atoms with van der Waals surface area (Å²) in [4.78, 5) is 6.55. The molecule has 1 saturated carbocycles. The zero-order chi connectivity index (χ0) is 13.6. The average Bonchev–Trinajstić information content (AvgIpc) is 2.86. The van der Waals surface area contributed by atoms with E-state index in [9.17, 15) is 0 Å². The normalized spacial score (nSPS) is 18.1. The van der Waals surface area contributed by atoms with Crippen LogP contribution >= 0.6 is 0 Å². The maximum atomic E-state index is 4.08. The molecule has 0 unspecified atom stereocenters. The number of nitrogens with zero attached hydrogens (tertiary/aromatic N) is 2. The van der Waals surface area contributed by atoms with Crippen LogP contribution in [0.15, 0.2) is 24.5 Å². The predicted octanol–water partition coefficient (Wildman–Crippen LogP) is 2.68. The Balaban J connectivity index is 1.90. The third kappa shape index (κ3) is 4.29. The first-order valence-electron chi connectivity index (χ1n) is 7.52. The third-order valence-electron chi connectivity index (χ3n) is 4.22. The molecule has 0 amide bonds. The Bertz CT molecular complexity index is 358. The maximum Gasteiger partial charge on any atom is 0.0271 e. The largest absolute Gasteiger partial charge is 0.316 e. The zero-order valence-corrected chi connectivity index (χ0v) is 12.4. The van der Waals surface area contributed by atoms with E-state index >= 15 is 0 Å². The Kier molecular flexibility index (Phi) is 5.34. The molecule has 2 rings (SSSR count). The van der Waals surface area contributed by atoms with Crippen molar-refractivity contribution in [2.75, 3.05) is 26.7 Å². The summed E-state index contributed by atoms with van der Waals surface area (Å²) < 4.78 is 0. The fourth-order valence-electron chi connectivity index (χ4n) is 3.33. The minimum absolute atomic E-state index is 0.498. The molecule has 106 valence electrons. The van der Waals surface area contributed by atoms with Crippen molar-refractivity contribution in [2.45, 2.75) is 39.2 Å². The van der Waals surface area contributed by atoms with Gasteiger partial charge in [0, 0.05) is 32.0 Å². The van der Waals surface area contributed by atoms with E-state index in [0.717, 1.165) is 13.1 Å². The van der Waals surface area contributed by atoms with Crippen molar-refractivity contribution in [3.63, 3.8) is 0 Å². The molecule has 0 aromatic carbocycles. The van der Waals surface area contributed by atoms with Gasteiger partial charge in [-0.05, 0) is 49.5 Å². The van der Waals surface area contributed by atoms with Gasteiger partial charge in [-0.25, -0.2) is 0 Å². The second-order valence-corrected chi connectivity index (χ2v) is 6.02. The molecule has 1 fully saturated rings. The lowest BCUT2D eigenvalue weighted by atomic mass is 9.85. The number of hydrogen-bond donors (Lipinski definition) is 1. The van der Waals surface area contributed by atoms with Crippen molar-refractivity contribution < 1.29 is 0 Å². The van der Waals surface area contributed by atoms with Gasteiger partial charge >= 0.3 is 0 Å². The van der Waals surface area contributed by atoms with Crippen molar-refractivity contribution >= 4 is 0 Å². The quantitative estimate of drug-likeness (QED) is 0.818. The fourth-order valence-corrected chi connectivity index (χ4v) is 3.33. The highest BCUT2D eigenvalue weighted by atomic mass is 15.1. The van der Waals surface area contributed by atoms with Gasteiger partial charge in [0.2, 0.25) is 0 Å². The first-order chi connectivity index (χ1) is 9.24. The van der Waals surface area contributed by atoms with Crippen LogP contribution in [0, 0.1) is 5.41 Å². The van der Waals surface area contributed by atoms with Crippen molar-refractivity contribution in [2.24, 2.45) is 5.41 Å². The van der Waals surface area contributed by atoms with Crippen molar-refractivity contribution in [1.82, 2.24) is 15.2 Å². The third-order valence-corrected chi connectivity index (χ3v) is 4.22. The Hall–Kier alpha value is -0.930. The molecule has 19 heavy (non-hydrogen) atoms. The molecule has 3 nitrogen and oxygen atoms in total. The first-order valence-corrected chi connectivity index (χ1v) is 7.52. The van der Waals surface area contributed by atoms with E-state index in [1.165, 1.54) is 44.3 Å². The molecule has 0 radical (unpaired) electrons. The van der Waals surface area contributed by atoms with E-state index in [-0.39, 0.29) is 0 Å². The Morgan fingerprint density at radius 1 is 1.26 bits per heavy atom. The van der Waals surface area contributed by atoms with E-state index in [0.29, 0.717) is 5.41 Å². The van der Waals surface area contributed by atoms with Gasteiger partial charge in [0.25, 0.3) is 0 Å². The number of nitrogens with one attached hydrogen (secondary N) is 1. The van der Waals surface area contributed by atoms with Gasteiger partial charge in [0.1, 0.15) is 0 Å². The van der Waals surface area contributed by atoms with E-state index in [1.807, 2.05) is 12.4 Å². The van der Waals surface area contributed by atoms with Crippen LogP contribution in [0.3, 0.4) is 0 Å².